The number of aryl methyl sites for hydroxylation is 1. The van der Waals surface area contributed by atoms with E-state index in [1.54, 1.807) is 0 Å². The predicted octanol–water partition coefficient (Wildman–Crippen LogP) is 3.60. The van der Waals surface area contributed by atoms with Gasteiger partial charge in [0.05, 0.1) is 0 Å². The number of nitrogens with zero attached hydrogens (tertiary/aromatic N) is 1. The van der Waals surface area contributed by atoms with Crippen LogP contribution in [0.15, 0.2) is 18.2 Å². The Morgan fingerprint density at radius 2 is 2.09 bits per heavy atom. The minimum Gasteiger partial charge on any atom is -0.341 e. The second kappa shape index (κ2) is 7.62. The topological polar surface area (TPSA) is 49.4 Å². The van der Waals surface area contributed by atoms with Gasteiger partial charge in [-0.15, -0.1) is 0 Å². The number of nitrogens with one attached hydrogen (secondary N) is 1. The molecule has 0 fully saturated rings. The summed E-state index contributed by atoms with van der Waals surface area (Å²) in [6.45, 7) is 8.64. The van der Waals surface area contributed by atoms with E-state index in [1.165, 1.54) is 12.5 Å². The van der Waals surface area contributed by atoms with Crippen molar-refractivity contribution in [3.05, 3.63) is 29.3 Å². The van der Waals surface area contributed by atoms with E-state index >= 15 is 0 Å². The van der Waals surface area contributed by atoms with E-state index in [0.717, 1.165) is 36.9 Å². The monoisotopic (exact) mass is 316 g/mol. The number of benzene rings is 1. The molecule has 4 nitrogen and oxygen atoms in total. The van der Waals surface area contributed by atoms with Crippen molar-refractivity contribution in [1.82, 2.24) is 5.32 Å². The first-order valence-electron chi connectivity index (χ1n) is 8.65. The third-order valence-corrected chi connectivity index (χ3v) is 4.30. The van der Waals surface area contributed by atoms with E-state index in [-0.39, 0.29) is 11.8 Å². The zero-order valence-corrected chi connectivity index (χ0v) is 14.7. The molecule has 0 aromatic heterocycles. The van der Waals surface area contributed by atoms with Crippen molar-refractivity contribution in [3.63, 3.8) is 0 Å². The average Bonchev–Trinajstić information content (AvgIpc) is 2.74. The van der Waals surface area contributed by atoms with Gasteiger partial charge in [-0.2, -0.15) is 0 Å². The van der Waals surface area contributed by atoms with Crippen LogP contribution in [0.5, 0.6) is 0 Å². The number of unbranched alkanes of at least 4 members (excludes halogenated alkanes) is 1. The molecule has 126 valence electrons. The molecule has 1 aliphatic heterocycles. The largest absolute Gasteiger partial charge is 0.341 e. The minimum atomic E-state index is -0.531. The molecule has 1 aliphatic rings. The van der Waals surface area contributed by atoms with Crippen LogP contribution in [-0.2, 0) is 16.0 Å². The Labute approximate surface area is 139 Å². The fraction of sp³-hybridized carbons (Fsp3) is 0.579. The van der Waals surface area contributed by atoms with Crippen LogP contribution < -0.4 is 10.2 Å². The summed E-state index contributed by atoms with van der Waals surface area (Å²) in [5.41, 5.74) is 3.14. The Kier molecular flexibility index (Phi) is 5.80. The zero-order valence-electron chi connectivity index (χ0n) is 14.7. The van der Waals surface area contributed by atoms with Gasteiger partial charge in [0.25, 0.3) is 5.91 Å². The molecular formula is C19H28N2O2. The molecule has 0 saturated heterocycles. The number of rotatable bonds is 7. The first kappa shape index (κ1) is 17.5. The van der Waals surface area contributed by atoms with Crippen molar-refractivity contribution >= 4 is 17.5 Å². The number of carbonyl (C=O) groups is 2. The van der Waals surface area contributed by atoms with Crippen molar-refractivity contribution in [2.24, 2.45) is 5.92 Å². The molecule has 0 radical (unpaired) electrons. The molecule has 4 heteroatoms. The fourth-order valence-corrected chi connectivity index (χ4v) is 2.99. The Bertz CT molecular complexity index is 581. The first-order valence-corrected chi connectivity index (χ1v) is 8.65. The Hall–Kier alpha value is -1.84. The molecule has 1 aromatic rings. The van der Waals surface area contributed by atoms with Crippen LogP contribution in [0.25, 0.3) is 0 Å². The van der Waals surface area contributed by atoms with Gasteiger partial charge < -0.3 is 10.2 Å². The molecule has 2 rings (SSSR count). The molecule has 0 unspecified atom stereocenters. The maximum Gasteiger partial charge on any atom is 0.254 e. The summed E-state index contributed by atoms with van der Waals surface area (Å²) >= 11 is 0. The highest BCUT2D eigenvalue weighted by atomic mass is 16.2. The van der Waals surface area contributed by atoms with Crippen molar-refractivity contribution in [2.75, 3.05) is 11.4 Å². The molecule has 0 bridgehead atoms. The van der Waals surface area contributed by atoms with Gasteiger partial charge in [-0.1, -0.05) is 39.3 Å². The van der Waals surface area contributed by atoms with Crippen LogP contribution in [0.3, 0.4) is 0 Å². The van der Waals surface area contributed by atoms with Gasteiger partial charge in [-0.25, -0.2) is 0 Å². The summed E-state index contributed by atoms with van der Waals surface area (Å²) in [7, 11) is 0. The summed E-state index contributed by atoms with van der Waals surface area (Å²) in [6, 6.07) is 5.72. The third kappa shape index (κ3) is 4.12. The number of anilines is 1. The van der Waals surface area contributed by atoms with Gasteiger partial charge in [0.2, 0.25) is 5.91 Å². The van der Waals surface area contributed by atoms with E-state index in [0.29, 0.717) is 12.5 Å². The van der Waals surface area contributed by atoms with Gasteiger partial charge in [0, 0.05) is 24.7 Å². The summed E-state index contributed by atoms with van der Waals surface area (Å²) in [4.78, 5) is 26.1. The molecule has 0 spiro atoms. The third-order valence-electron chi connectivity index (χ3n) is 4.30. The summed E-state index contributed by atoms with van der Waals surface area (Å²) in [5.74, 6) is 0.359. The molecule has 0 saturated carbocycles. The SMILES string of the molecule is CCCCc1ccc2c(c1)[C@H](NC(C)=O)C(=O)N2CCC(C)C. The molecule has 0 aliphatic carbocycles. The lowest BCUT2D eigenvalue weighted by molar-refractivity contribution is -0.126. The average molecular weight is 316 g/mol. The highest BCUT2D eigenvalue weighted by Gasteiger charge is 2.37. The highest BCUT2D eigenvalue weighted by Crippen LogP contribution is 2.37. The van der Waals surface area contributed by atoms with Crippen molar-refractivity contribution in [3.8, 4) is 0 Å². The first-order chi connectivity index (χ1) is 10.9. The second-order valence-electron chi connectivity index (χ2n) is 6.80. The number of hydrogen-bond acceptors (Lipinski definition) is 2. The zero-order chi connectivity index (χ0) is 17.0. The number of amides is 2. The lowest BCUT2D eigenvalue weighted by Gasteiger charge is -2.19. The van der Waals surface area contributed by atoms with Gasteiger partial charge in [-0.3, -0.25) is 9.59 Å². The predicted molar refractivity (Wildman–Crippen MR) is 93.4 cm³/mol. The van der Waals surface area contributed by atoms with Crippen LogP contribution in [-0.4, -0.2) is 18.4 Å². The summed E-state index contributed by atoms with van der Waals surface area (Å²) in [5, 5.41) is 2.82. The molecule has 1 heterocycles. The molecule has 1 atom stereocenters. The van der Waals surface area contributed by atoms with E-state index in [2.05, 4.69) is 38.2 Å². The number of fused-ring (bicyclic) bond motifs is 1. The Balaban J connectivity index is 2.30. The van der Waals surface area contributed by atoms with Crippen molar-refractivity contribution in [2.45, 2.75) is 59.4 Å². The molecule has 23 heavy (non-hydrogen) atoms. The Morgan fingerprint density at radius 3 is 2.70 bits per heavy atom. The molecule has 2 amide bonds. The fourth-order valence-electron chi connectivity index (χ4n) is 2.99. The van der Waals surface area contributed by atoms with E-state index in [1.807, 2.05) is 11.0 Å². The maximum atomic E-state index is 12.7. The molecule has 1 N–H and O–H groups in total. The van der Waals surface area contributed by atoms with E-state index in [9.17, 15) is 9.59 Å². The van der Waals surface area contributed by atoms with Gasteiger partial charge in [0.15, 0.2) is 0 Å². The minimum absolute atomic E-state index is 0.0107. The van der Waals surface area contributed by atoms with E-state index < -0.39 is 6.04 Å². The maximum absolute atomic E-state index is 12.7. The van der Waals surface area contributed by atoms with Gasteiger partial charge in [-0.05, 0) is 36.8 Å². The quantitative estimate of drug-likeness (QED) is 0.835. The Morgan fingerprint density at radius 1 is 1.35 bits per heavy atom. The highest BCUT2D eigenvalue weighted by molar-refractivity contribution is 6.06. The van der Waals surface area contributed by atoms with E-state index in [4.69, 9.17) is 0 Å². The van der Waals surface area contributed by atoms with Gasteiger partial charge >= 0.3 is 0 Å². The van der Waals surface area contributed by atoms with Crippen molar-refractivity contribution in [1.29, 1.82) is 0 Å². The van der Waals surface area contributed by atoms with Crippen LogP contribution >= 0.6 is 0 Å². The lowest BCUT2D eigenvalue weighted by atomic mass is 10.0. The van der Waals surface area contributed by atoms with Crippen molar-refractivity contribution < 1.29 is 9.59 Å². The lowest BCUT2D eigenvalue weighted by Crippen LogP contribution is -2.37. The van der Waals surface area contributed by atoms with Crippen LogP contribution in [0.2, 0.25) is 0 Å². The number of hydrogen-bond donors (Lipinski definition) is 1. The van der Waals surface area contributed by atoms with Crippen LogP contribution in [0.1, 0.15) is 64.1 Å². The molecular weight excluding hydrogens is 288 g/mol. The smallest absolute Gasteiger partial charge is 0.254 e. The second-order valence-corrected chi connectivity index (χ2v) is 6.80. The standard InChI is InChI=1S/C19H28N2O2/c1-5-6-7-15-8-9-17-16(12-15)18(20-14(4)22)19(23)21(17)11-10-13(2)3/h8-9,12-13,18H,5-7,10-11H2,1-4H3,(H,20,22)/t18-/m0/s1. The number of carbonyl (C=O) groups excluding carboxylic acids is 2. The van der Waals surface area contributed by atoms with Crippen LogP contribution in [0, 0.1) is 5.92 Å². The normalized spacial score (nSPS) is 16.8. The summed E-state index contributed by atoms with van der Waals surface area (Å²) < 4.78 is 0. The van der Waals surface area contributed by atoms with Crippen LogP contribution in [0.4, 0.5) is 5.69 Å². The summed E-state index contributed by atoms with van der Waals surface area (Å²) in [6.07, 6.45) is 4.24. The molecule has 1 aromatic carbocycles. The van der Waals surface area contributed by atoms with Gasteiger partial charge in [0.1, 0.15) is 6.04 Å².